The SMILES string of the molecule is CCN(CCO)C(=O)c1ccc(NC2CC2)c([N+](=O)[O-])c1. The highest BCUT2D eigenvalue weighted by molar-refractivity contribution is 5.95. The molecule has 0 saturated heterocycles. The van der Waals surface area contributed by atoms with Crippen LogP contribution < -0.4 is 5.32 Å². The van der Waals surface area contributed by atoms with Crippen molar-refractivity contribution in [1.82, 2.24) is 4.90 Å². The number of aliphatic hydroxyl groups is 1. The van der Waals surface area contributed by atoms with Crippen LogP contribution in [0.4, 0.5) is 11.4 Å². The Balaban J connectivity index is 2.25. The van der Waals surface area contributed by atoms with E-state index < -0.39 is 4.92 Å². The minimum atomic E-state index is -0.482. The third-order valence-electron chi connectivity index (χ3n) is 3.42. The van der Waals surface area contributed by atoms with E-state index in [0.29, 0.717) is 18.3 Å². The quantitative estimate of drug-likeness (QED) is 0.588. The van der Waals surface area contributed by atoms with Crippen LogP contribution in [0.15, 0.2) is 18.2 Å². The molecule has 2 rings (SSSR count). The molecule has 1 aromatic carbocycles. The fraction of sp³-hybridized carbons (Fsp3) is 0.500. The van der Waals surface area contributed by atoms with Crippen molar-refractivity contribution < 1.29 is 14.8 Å². The largest absolute Gasteiger partial charge is 0.395 e. The van der Waals surface area contributed by atoms with Crippen LogP contribution in [-0.4, -0.2) is 46.6 Å². The van der Waals surface area contributed by atoms with Gasteiger partial charge >= 0.3 is 0 Å². The lowest BCUT2D eigenvalue weighted by molar-refractivity contribution is -0.384. The molecule has 1 aliphatic rings. The summed E-state index contributed by atoms with van der Waals surface area (Å²) in [5, 5.41) is 23.2. The van der Waals surface area contributed by atoms with Gasteiger partial charge in [0.1, 0.15) is 5.69 Å². The number of hydrogen-bond donors (Lipinski definition) is 2. The van der Waals surface area contributed by atoms with Crippen molar-refractivity contribution in [3.8, 4) is 0 Å². The van der Waals surface area contributed by atoms with Gasteiger partial charge in [-0.15, -0.1) is 0 Å². The highest BCUT2D eigenvalue weighted by Gasteiger charge is 2.26. The molecule has 2 N–H and O–H groups in total. The lowest BCUT2D eigenvalue weighted by atomic mass is 10.1. The Morgan fingerprint density at radius 1 is 1.52 bits per heavy atom. The van der Waals surface area contributed by atoms with Crippen LogP contribution in [0.5, 0.6) is 0 Å². The average Bonchev–Trinajstić information content (AvgIpc) is 3.28. The second-order valence-electron chi connectivity index (χ2n) is 5.02. The van der Waals surface area contributed by atoms with Crippen LogP contribution in [0.3, 0.4) is 0 Å². The van der Waals surface area contributed by atoms with Gasteiger partial charge in [-0.05, 0) is 31.9 Å². The lowest BCUT2D eigenvalue weighted by Crippen LogP contribution is -2.33. The number of amides is 1. The number of carbonyl (C=O) groups is 1. The number of nitrogens with zero attached hydrogens (tertiary/aromatic N) is 2. The summed E-state index contributed by atoms with van der Waals surface area (Å²) in [6.45, 7) is 2.31. The van der Waals surface area contributed by atoms with Crippen molar-refractivity contribution in [1.29, 1.82) is 0 Å². The van der Waals surface area contributed by atoms with Gasteiger partial charge < -0.3 is 15.3 Å². The summed E-state index contributed by atoms with van der Waals surface area (Å²) in [6.07, 6.45) is 2.02. The number of hydrogen-bond acceptors (Lipinski definition) is 5. The number of carbonyl (C=O) groups excluding carboxylic acids is 1. The minimum Gasteiger partial charge on any atom is -0.395 e. The van der Waals surface area contributed by atoms with Gasteiger partial charge in [-0.1, -0.05) is 0 Å². The van der Waals surface area contributed by atoms with E-state index in [2.05, 4.69) is 5.32 Å². The highest BCUT2D eigenvalue weighted by atomic mass is 16.6. The Bertz CT molecular complexity index is 543. The first-order valence-electron chi connectivity index (χ1n) is 7.02. The summed E-state index contributed by atoms with van der Waals surface area (Å²) in [5.41, 5.74) is 0.621. The van der Waals surface area contributed by atoms with Gasteiger partial charge in [0, 0.05) is 30.8 Å². The Kier molecular flexibility index (Phi) is 4.74. The molecule has 0 unspecified atom stereocenters. The molecule has 1 aromatic rings. The number of anilines is 1. The van der Waals surface area contributed by atoms with Crippen LogP contribution in [0.2, 0.25) is 0 Å². The third kappa shape index (κ3) is 3.69. The second-order valence-corrected chi connectivity index (χ2v) is 5.02. The average molecular weight is 293 g/mol. The monoisotopic (exact) mass is 293 g/mol. The predicted octanol–water partition coefficient (Wildman–Crippen LogP) is 1.62. The maximum absolute atomic E-state index is 12.3. The number of benzene rings is 1. The number of nitro benzene ring substituents is 1. The van der Waals surface area contributed by atoms with Crippen LogP contribution in [-0.2, 0) is 0 Å². The van der Waals surface area contributed by atoms with Gasteiger partial charge in [0.2, 0.25) is 0 Å². The fourth-order valence-electron chi connectivity index (χ4n) is 2.09. The summed E-state index contributed by atoms with van der Waals surface area (Å²) < 4.78 is 0. The molecule has 1 fully saturated rings. The first-order chi connectivity index (χ1) is 10.1. The van der Waals surface area contributed by atoms with E-state index in [1.54, 1.807) is 19.1 Å². The molecular weight excluding hydrogens is 274 g/mol. The Morgan fingerprint density at radius 3 is 2.76 bits per heavy atom. The molecule has 1 saturated carbocycles. The molecule has 0 atom stereocenters. The third-order valence-corrected chi connectivity index (χ3v) is 3.42. The van der Waals surface area contributed by atoms with E-state index in [1.807, 2.05) is 0 Å². The van der Waals surface area contributed by atoms with Crippen LogP contribution in [0, 0.1) is 10.1 Å². The van der Waals surface area contributed by atoms with Crippen molar-refractivity contribution in [3.05, 3.63) is 33.9 Å². The van der Waals surface area contributed by atoms with Crippen molar-refractivity contribution in [2.45, 2.75) is 25.8 Å². The van der Waals surface area contributed by atoms with E-state index in [9.17, 15) is 14.9 Å². The molecule has 21 heavy (non-hydrogen) atoms. The molecular formula is C14H19N3O4. The topological polar surface area (TPSA) is 95.7 Å². The summed E-state index contributed by atoms with van der Waals surface area (Å²) in [7, 11) is 0. The van der Waals surface area contributed by atoms with Crippen molar-refractivity contribution >= 4 is 17.3 Å². The molecule has 0 heterocycles. The summed E-state index contributed by atoms with van der Waals surface area (Å²) in [6, 6.07) is 4.76. The van der Waals surface area contributed by atoms with Gasteiger partial charge in [-0.3, -0.25) is 14.9 Å². The maximum atomic E-state index is 12.3. The zero-order valence-electron chi connectivity index (χ0n) is 11.9. The molecule has 0 aliphatic heterocycles. The zero-order chi connectivity index (χ0) is 15.4. The molecule has 114 valence electrons. The fourth-order valence-corrected chi connectivity index (χ4v) is 2.09. The molecule has 1 aliphatic carbocycles. The van der Waals surface area contributed by atoms with Gasteiger partial charge in [0.15, 0.2) is 0 Å². The number of rotatable bonds is 7. The number of likely N-dealkylation sites (N-methyl/N-ethyl adjacent to an activating group) is 1. The predicted molar refractivity (Wildman–Crippen MR) is 78.4 cm³/mol. The number of nitro groups is 1. The summed E-state index contributed by atoms with van der Waals surface area (Å²) in [5.74, 6) is -0.312. The van der Waals surface area contributed by atoms with E-state index in [-0.39, 0.29) is 30.3 Å². The smallest absolute Gasteiger partial charge is 0.293 e. The molecule has 1 amide bonds. The molecule has 7 heteroatoms. The second kappa shape index (κ2) is 6.53. The van der Waals surface area contributed by atoms with Crippen molar-refractivity contribution in [2.24, 2.45) is 0 Å². The molecule has 7 nitrogen and oxygen atoms in total. The van der Waals surface area contributed by atoms with E-state index in [0.717, 1.165) is 12.8 Å². The molecule has 0 bridgehead atoms. The van der Waals surface area contributed by atoms with E-state index in [1.165, 1.54) is 11.0 Å². The van der Waals surface area contributed by atoms with Gasteiger partial charge in [-0.2, -0.15) is 0 Å². The normalized spacial score (nSPS) is 13.8. The Hall–Kier alpha value is -2.15. The highest BCUT2D eigenvalue weighted by Crippen LogP contribution is 2.31. The first-order valence-corrected chi connectivity index (χ1v) is 7.02. The first kappa shape index (κ1) is 15.2. The van der Waals surface area contributed by atoms with Crippen molar-refractivity contribution in [2.75, 3.05) is 25.0 Å². The van der Waals surface area contributed by atoms with Crippen LogP contribution in [0.25, 0.3) is 0 Å². The van der Waals surface area contributed by atoms with Crippen molar-refractivity contribution in [3.63, 3.8) is 0 Å². The van der Waals surface area contributed by atoms with E-state index in [4.69, 9.17) is 5.11 Å². The standard InChI is InChI=1S/C14H19N3O4/c1-2-16(7-8-18)14(19)10-3-6-12(15-11-4-5-11)13(9-10)17(20)21/h3,6,9,11,15,18H,2,4-5,7-8H2,1H3. The zero-order valence-corrected chi connectivity index (χ0v) is 11.9. The molecule has 0 spiro atoms. The van der Waals surface area contributed by atoms with E-state index >= 15 is 0 Å². The summed E-state index contributed by atoms with van der Waals surface area (Å²) in [4.78, 5) is 24.4. The van der Waals surface area contributed by atoms with Gasteiger partial charge in [0.25, 0.3) is 11.6 Å². The van der Waals surface area contributed by atoms with Crippen LogP contribution in [0.1, 0.15) is 30.1 Å². The molecule has 0 aromatic heterocycles. The number of aliphatic hydroxyl groups excluding tert-OH is 1. The minimum absolute atomic E-state index is 0.0900. The van der Waals surface area contributed by atoms with Gasteiger partial charge in [0.05, 0.1) is 11.5 Å². The lowest BCUT2D eigenvalue weighted by Gasteiger charge is -2.19. The van der Waals surface area contributed by atoms with Gasteiger partial charge in [-0.25, -0.2) is 0 Å². The Labute approximate surface area is 122 Å². The maximum Gasteiger partial charge on any atom is 0.293 e. The molecule has 0 radical (unpaired) electrons. The van der Waals surface area contributed by atoms with Crippen LogP contribution >= 0.6 is 0 Å². The summed E-state index contributed by atoms with van der Waals surface area (Å²) >= 11 is 0. The number of nitrogens with one attached hydrogen (secondary N) is 1. The Morgan fingerprint density at radius 2 is 2.24 bits per heavy atom.